The molecule has 3 aromatic rings. The van der Waals surface area contributed by atoms with E-state index in [4.69, 9.17) is 4.74 Å². The summed E-state index contributed by atoms with van der Waals surface area (Å²) in [6.45, 7) is 6.86. The molecule has 0 fully saturated rings. The highest BCUT2D eigenvalue weighted by Crippen LogP contribution is 2.35. The summed E-state index contributed by atoms with van der Waals surface area (Å²) in [5.74, 6) is 2.02. The number of anilines is 1. The summed E-state index contributed by atoms with van der Waals surface area (Å²) in [5.41, 5.74) is 2.83. The average Bonchev–Trinajstić information content (AvgIpc) is 3.43. The summed E-state index contributed by atoms with van der Waals surface area (Å²) in [4.78, 5) is 32.2. The normalized spacial score (nSPS) is 16.6. The fourth-order valence-corrected chi connectivity index (χ4v) is 5.15. The Morgan fingerprint density at radius 3 is 2.76 bits per heavy atom. The predicted molar refractivity (Wildman–Crippen MR) is 137 cm³/mol. The molecule has 0 radical (unpaired) electrons. The third kappa shape index (κ3) is 4.81. The molecule has 2 amide bonds. The van der Waals surface area contributed by atoms with Gasteiger partial charge in [-0.2, -0.15) is 0 Å². The SMILES string of the molecule is COc1cc2c(cc1C(=O)Nc1cccc(-c3nnc4n3C(C)(C)CC4)n1)CN(C(=O)C[C@H](C)O)CC2. The van der Waals surface area contributed by atoms with E-state index < -0.39 is 6.10 Å². The van der Waals surface area contributed by atoms with E-state index in [1.807, 2.05) is 18.2 Å². The zero-order chi connectivity index (χ0) is 26.3. The van der Waals surface area contributed by atoms with E-state index in [2.05, 4.69) is 38.9 Å². The van der Waals surface area contributed by atoms with Crippen LogP contribution in [0, 0.1) is 0 Å². The van der Waals surface area contributed by atoms with Gasteiger partial charge in [0.2, 0.25) is 5.91 Å². The van der Waals surface area contributed by atoms with Gasteiger partial charge in [0.15, 0.2) is 5.82 Å². The van der Waals surface area contributed by atoms with Gasteiger partial charge in [0, 0.05) is 25.0 Å². The van der Waals surface area contributed by atoms with E-state index in [-0.39, 0.29) is 23.8 Å². The molecule has 0 spiro atoms. The smallest absolute Gasteiger partial charge is 0.260 e. The summed E-state index contributed by atoms with van der Waals surface area (Å²) in [6.07, 6.45) is 1.90. The Morgan fingerprint density at radius 2 is 2.00 bits per heavy atom. The van der Waals surface area contributed by atoms with Gasteiger partial charge in [-0.25, -0.2) is 4.98 Å². The third-order valence-electron chi connectivity index (χ3n) is 7.12. The van der Waals surface area contributed by atoms with E-state index >= 15 is 0 Å². The second-order valence-electron chi connectivity index (χ2n) is 10.4. The molecule has 1 atom stereocenters. The van der Waals surface area contributed by atoms with Gasteiger partial charge in [0.25, 0.3) is 5.91 Å². The number of carbonyl (C=O) groups excluding carboxylic acids is 2. The van der Waals surface area contributed by atoms with Crippen LogP contribution in [-0.4, -0.2) is 61.3 Å². The molecule has 2 aromatic heterocycles. The predicted octanol–water partition coefficient (Wildman–Crippen LogP) is 2.94. The number of carbonyl (C=O) groups is 2. The van der Waals surface area contributed by atoms with Crippen molar-refractivity contribution in [3.05, 3.63) is 52.8 Å². The maximum absolute atomic E-state index is 13.4. The van der Waals surface area contributed by atoms with Crippen LogP contribution in [0.5, 0.6) is 5.75 Å². The van der Waals surface area contributed by atoms with Crippen LogP contribution in [0.1, 0.15) is 60.9 Å². The van der Waals surface area contributed by atoms with Gasteiger partial charge < -0.3 is 24.6 Å². The lowest BCUT2D eigenvalue weighted by molar-refractivity contribution is -0.133. The summed E-state index contributed by atoms with van der Waals surface area (Å²) < 4.78 is 7.66. The number of rotatable bonds is 6. The van der Waals surface area contributed by atoms with Crippen molar-refractivity contribution in [2.75, 3.05) is 19.0 Å². The van der Waals surface area contributed by atoms with E-state index in [1.165, 1.54) is 7.11 Å². The van der Waals surface area contributed by atoms with Crippen LogP contribution in [-0.2, 0) is 29.7 Å². The highest BCUT2D eigenvalue weighted by Gasteiger charge is 2.34. The van der Waals surface area contributed by atoms with Crippen LogP contribution in [0.4, 0.5) is 5.82 Å². The van der Waals surface area contributed by atoms with E-state index in [9.17, 15) is 14.7 Å². The van der Waals surface area contributed by atoms with Crippen molar-refractivity contribution in [1.82, 2.24) is 24.6 Å². The number of aryl methyl sites for hydroxylation is 1. The summed E-state index contributed by atoms with van der Waals surface area (Å²) in [5, 5.41) is 21.2. The summed E-state index contributed by atoms with van der Waals surface area (Å²) in [7, 11) is 1.53. The van der Waals surface area contributed by atoms with Gasteiger partial charge in [0.05, 0.1) is 25.2 Å². The molecule has 2 aliphatic rings. The first-order valence-electron chi connectivity index (χ1n) is 12.6. The second-order valence-corrected chi connectivity index (χ2v) is 10.4. The van der Waals surface area contributed by atoms with Crippen LogP contribution in [0.15, 0.2) is 30.3 Å². The minimum atomic E-state index is -0.695. The van der Waals surface area contributed by atoms with Crippen LogP contribution in [0.2, 0.25) is 0 Å². The van der Waals surface area contributed by atoms with Crippen LogP contribution < -0.4 is 10.1 Å². The number of aliphatic hydroxyl groups excluding tert-OH is 1. The molecule has 0 saturated heterocycles. The number of benzene rings is 1. The first kappa shape index (κ1) is 24.9. The molecule has 1 aromatic carbocycles. The van der Waals surface area contributed by atoms with Crippen molar-refractivity contribution in [1.29, 1.82) is 0 Å². The number of aliphatic hydroxyl groups is 1. The Kier molecular flexibility index (Phi) is 6.45. The topological polar surface area (TPSA) is 122 Å². The van der Waals surface area contributed by atoms with Crippen molar-refractivity contribution >= 4 is 17.6 Å². The molecule has 0 saturated carbocycles. The zero-order valence-corrected chi connectivity index (χ0v) is 21.6. The molecule has 5 rings (SSSR count). The second kappa shape index (κ2) is 9.59. The first-order chi connectivity index (χ1) is 17.7. The maximum atomic E-state index is 13.4. The van der Waals surface area contributed by atoms with Crippen LogP contribution >= 0.6 is 0 Å². The lowest BCUT2D eigenvalue weighted by atomic mass is 9.95. The monoisotopic (exact) mass is 504 g/mol. The number of hydrogen-bond acceptors (Lipinski definition) is 7. The van der Waals surface area contributed by atoms with Gasteiger partial charge >= 0.3 is 0 Å². The summed E-state index contributed by atoms with van der Waals surface area (Å²) >= 11 is 0. The van der Waals surface area contributed by atoms with Crippen molar-refractivity contribution in [2.24, 2.45) is 0 Å². The number of methoxy groups -OCH3 is 1. The van der Waals surface area contributed by atoms with Gasteiger partial charge in [-0.05, 0) is 69.0 Å². The summed E-state index contributed by atoms with van der Waals surface area (Å²) in [6, 6.07) is 9.07. The lowest BCUT2D eigenvalue weighted by Crippen LogP contribution is -2.37. The fourth-order valence-electron chi connectivity index (χ4n) is 5.15. The maximum Gasteiger partial charge on any atom is 0.260 e. The fraction of sp³-hybridized carbons (Fsp3) is 0.444. The lowest BCUT2D eigenvalue weighted by Gasteiger charge is -2.30. The highest BCUT2D eigenvalue weighted by molar-refractivity contribution is 6.06. The molecular formula is C27H32N6O4. The Balaban J connectivity index is 1.39. The number of hydrogen-bond donors (Lipinski definition) is 2. The van der Waals surface area contributed by atoms with Crippen molar-refractivity contribution in [3.63, 3.8) is 0 Å². The standard InChI is InChI=1S/C27H32N6O4/c1-16(34)12-24(35)32-11-9-17-14-21(37-4)19(13-18(17)15-32)26(36)29-22-7-5-6-20(28-22)25-31-30-23-8-10-27(2,3)33(23)25/h5-7,13-14,16,34H,8-12,15H2,1-4H3,(H,28,29,36)/t16-/m0/s1. The molecule has 0 bridgehead atoms. The molecule has 10 heteroatoms. The third-order valence-corrected chi connectivity index (χ3v) is 7.12. The Morgan fingerprint density at radius 1 is 1.19 bits per heavy atom. The number of pyridine rings is 1. The number of fused-ring (bicyclic) bond motifs is 2. The molecule has 0 unspecified atom stereocenters. The Labute approximate surface area is 215 Å². The number of ether oxygens (including phenoxy) is 1. The van der Waals surface area contributed by atoms with E-state index in [1.54, 1.807) is 24.0 Å². The van der Waals surface area contributed by atoms with Crippen LogP contribution in [0.25, 0.3) is 11.5 Å². The largest absolute Gasteiger partial charge is 0.496 e. The number of aromatic nitrogens is 4. The van der Waals surface area contributed by atoms with Crippen molar-refractivity contribution in [3.8, 4) is 17.3 Å². The van der Waals surface area contributed by atoms with Gasteiger partial charge in [-0.15, -0.1) is 10.2 Å². The number of nitrogens with one attached hydrogen (secondary N) is 1. The van der Waals surface area contributed by atoms with Crippen molar-refractivity contribution < 1.29 is 19.4 Å². The quantitative estimate of drug-likeness (QED) is 0.529. The first-order valence-corrected chi connectivity index (χ1v) is 12.6. The van der Waals surface area contributed by atoms with Crippen LogP contribution in [0.3, 0.4) is 0 Å². The Hall–Kier alpha value is -3.79. The molecular weight excluding hydrogens is 472 g/mol. The minimum absolute atomic E-state index is 0.0767. The number of amides is 2. The zero-order valence-electron chi connectivity index (χ0n) is 21.6. The van der Waals surface area contributed by atoms with Gasteiger partial charge in [0.1, 0.15) is 23.1 Å². The minimum Gasteiger partial charge on any atom is -0.496 e. The van der Waals surface area contributed by atoms with Crippen molar-refractivity contribution in [2.45, 2.75) is 64.6 Å². The van der Waals surface area contributed by atoms with E-state index in [0.29, 0.717) is 48.2 Å². The Bertz CT molecular complexity index is 1360. The molecule has 2 N–H and O–H groups in total. The highest BCUT2D eigenvalue weighted by atomic mass is 16.5. The molecule has 4 heterocycles. The van der Waals surface area contributed by atoms with Gasteiger partial charge in [-0.3, -0.25) is 9.59 Å². The van der Waals surface area contributed by atoms with Gasteiger partial charge in [-0.1, -0.05) is 6.07 Å². The molecule has 10 nitrogen and oxygen atoms in total. The van der Waals surface area contributed by atoms with E-state index in [0.717, 1.165) is 29.8 Å². The average molecular weight is 505 g/mol. The molecule has 194 valence electrons. The number of nitrogens with zero attached hydrogens (tertiary/aromatic N) is 5. The molecule has 0 aliphatic carbocycles. The molecule has 2 aliphatic heterocycles. The molecule has 37 heavy (non-hydrogen) atoms.